The highest BCUT2D eigenvalue weighted by atomic mass is 16.5. The molecule has 7 nitrogen and oxygen atoms in total. The number of rotatable bonds is 9. The monoisotopic (exact) mass is 426 g/mol. The van der Waals surface area contributed by atoms with E-state index in [1.54, 1.807) is 7.11 Å². The quantitative estimate of drug-likeness (QED) is 0.606. The molecule has 1 atom stereocenters. The molecule has 2 heterocycles. The van der Waals surface area contributed by atoms with Gasteiger partial charge in [0.05, 0.1) is 19.7 Å². The third-order valence-corrected chi connectivity index (χ3v) is 7.06. The Kier molecular flexibility index (Phi) is 7.92. The van der Waals surface area contributed by atoms with E-state index in [4.69, 9.17) is 4.74 Å². The van der Waals surface area contributed by atoms with Crippen LogP contribution in [0.5, 0.6) is 5.75 Å². The smallest absolute Gasteiger partial charge is 0.168 e. The fraction of sp³-hybridized carbons (Fsp3) is 0.708. The SMILES string of the molecule is CCCC[C@@H](c1nnnn1Cc1ccc(OC)cc1)N1CCN(C2CCCCC2)CC1. The largest absolute Gasteiger partial charge is 0.497 e. The van der Waals surface area contributed by atoms with Gasteiger partial charge < -0.3 is 4.74 Å². The Morgan fingerprint density at radius 1 is 1.03 bits per heavy atom. The Bertz CT molecular complexity index is 778. The Morgan fingerprint density at radius 3 is 2.45 bits per heavy atom. The first kappa shape index (κ1) is 22.2. The minimum absolute atomic E-state index is 0.293. The minimum atomic E-state index is 0.293. The maximum absolute atomic E-state index is 5.28. The molecule has 0 spiro atoms. The molecule has 0 unspecified atom stereocenters. The number of piperazine rings is 1. The first-order valence-electron chi connectivity index (χ1n) is 12.2. The molecule has 7 heteroatoms. The number of hydrogen-bond donors (Lipinski definition) is 0. The maximum Gasteiger partial charge on any atom is 0.168 e. The van der Waals surface area contributed by atoms with Gasteiger partial charge >= 0.3 is 0 Å². The van der Waals surface area contributed by atoms with Gasteiger partial charge in [-0.2, -0.15) is 0 Å². The van der Waals surface area contributed by atoms with Crippen molar-refractivity contribution in [1.29, 1.82) is 0 Å². The summed E-state index contributed by atoms with van der Waals surface area (Å²) in [6.45, 7) is 7.52. The molecule has 0 bridgehead atoms. The summed E-state index contributed by atoms with van der Waals surface area (Å²) in [5.41, 5.74) is 1.19. The zero-order chi connectivity index (χ0) is 21.5. The van der Waals surface area contributed by atoms with Crippen LogP contribution < -0.4 is 4.74 Å². The Morgan fingerprint density at radius 2 is 1.77 bits per heavy atom. The van der Waals surface area contributed by atoms with Gasteiger partial charge in [-0.3, -0.25) is 9.80 Å². The number of aromatic nitrogens is 4. The Balaban J connectivity index is 1.44. The molecule has 31 heavy (non-hydrogen) atoms. The first-order valence-corrected chi connectivity index (χ1v) is 12.2. The number of hydrogen-bond acceptors (Lipinski definition) is 6. The van der Waals surface area contributed by atoms with Crippen molar-refractivity contribution in [2.24, 2.45) is 0 Å². The van der Waals surface area contributed by atoms with E-state index in [-0.39, 0.29) is 0 Å². The van der Waals surface area contributed by atoms with Crippen molar-refractivity contribution >= 4 is 0 Å². The van der Waals surface area contributed by atoms with Crippen LogP contribution >= 0.6 is 0 Å². The third kappa shape index (κ3) is 5.63. The van der Waals surface area contributed by atoms with Gasteiger partial charge in [-0.1, -0.05) is 51.2 Å². The summed E-state index contributed by atoms with van der Waals surface area (Å²) in [5, 5.41) is 12.9. The summed E-state index contributed by atoms with van der Waals surface area (Å²) in [5.74, 6) is 1.88. The van der Waals surface area contributed by atoms with Crippen molar-refractivity contribution in [3.8, 4) is 5.75 Å². The molecule has 1 aromatic carbocycles. The lowest BCUT2D eigenvalue weighted by molar-refractivity contribution is 0.0497. The highest BCUT2D eigenvalue weighted by Crippen LogP contribution is 2.29. The summed E-state index contributed by atoms with van der Waals surface area (Å²) in [4.78, 5) is 5.37. The number of unbranched alkanes of at least 4 members (excludes halogenated alkanes) is 1. The maximum atomic E-state index is 5.28. The topological polar surface area (TPSA) is 59.3 Å². The van der Waals surface area contributed by atoms with Crippen LogP contribution in [0.4, 0.5) is 0 Å². The molecule has 4 rings (SSSR count). The predicted molar refractivity (Wildman–Crippen MR) is 122 cm³/mol. The van der Waals surface area contributed by atoms with E-state index < -0.39 is 0 Å². The van der Waals surface area contributed by atoms with Crippen molar-refractivity contribution in [1.82, 2.24) is 30.0 Å². The van der Waals surface area contributed by atoms with E-state index in [1.807, 2.05) is 16.8 Å². The van der Waals surface area contributed by atoms with E-state index in [1.165, 1.54) is 63.6 Å². The molecule has 1 aromatic heterocycles. The van der Waals surface area contributed by atoms with E-state index in [2.05, 4.69) is 44.4 Å². The average molecular weight is 427 g/mol. The highest BCUT2D eigenvalue weighted by molar-refractivity contribution is 5.27. The lowest BCUT2D eigenvalue weighted by Gasteiger charge is -2.43. The van der Waals surface area contributed by atoms with Crippen LogP contribution in [0.3, 0.4) is 0 Å². The molecule has 1 saturated carbocycles. The molecular weight excluding hydrogens is 388 g/mol. The van der Waals surface area contributed by atoms with Crippen LogP contribution in [0.2, 0.25) is 0 Å². The third-order valence-electron chi connectivity index (χ3n) is 7.06. The van der Waals surface area contributed by atoms with Gasteiger partial charge in [0.1, 0.15) is 5.75 Å². The molecular formula is C24H38N6O. The zero-order valence-electron chi connectivity index (χ0n) is 19.2. The van der Waals surface area contributed by atoms with E-state index in [9.17, 15) is 0 Å². The number of tetrazole rings is 1. The van der Waals surface area contributed by atoms with E-state index in [0.29, 0.717) is 12.6 Å². The molecule has 170 valence electrons. The summed E-state index contributed by atoms with van der Waals surface area (Å²) < 4.78 is 7.28. The molecule has 1 saturated heterocycles. The number of benzene rings is 1. The van der Waals surface area contributed by atoms with E-state index in [0.717, 1.165) is 37.1 Å². The molecule has 0 radical (unpaired) electrons. The van der Waals surface area contributed by atoms with Crippen LogP contribution in [0.25, 0.3) is 0 Å². The number of ether oxygens (including phenoxy) is 1. The zero-order valence-corrected chi connectivity index (χ0v) is 19.2. The van der Waals surface area contributed by atoms with Crippen LogP contribution in [0.15, 0.2) is 24.3 Å². The normalized spacial score (nSPS) is 20.1. The van der Waals surface area contributed by atoms with Gasteiger partial charge in [0.15, 0.2) is 5.82 Å². The van der Waals surface area contributed by atoms with Crippen molar-refractivity contribution in [3.05, 3.63) is 35.7 Å². The predicted octanol–water partition coefficient (Wildman–Crippen LogP) is 3.91. The second-order valence-electron chi connectivity index (χ2n) is 9.06. The van der Waals surface area contributed by atoms with Gasteiger partial charge in [0, 0.05) is 32.2 Å². The first-order chi connectivity index (χ1) is 15.3. The lowest BCUT2D eigenvalue weighted by atomic mass is 9.93. The fourth-order valence-corrected chi connectivity index (χ4v) is 5.20. The minimum Gasteiger partial charge on any atom is -0.497 e. The van der Waals surface area contributed by atoms with Crippen LogP contribution in [-0.2, 0) is 6.54 Å². The summed E-state index contributed by atoms with van der Waals surface area (Å²) in [6.07, 6.45) is 10.5. The lowest BCUT2D eigenvalue weighted by Crippen LogP contribution is -2.51. The Labute approximate surface area is 186 Å². The van der Waals surface area contributed by atoms with Gasteiger partial charge in [-0.15, -0.1) is 5.10 Å². The average Bonchev–Trinajstić information content (AvgIpc) is 3.28. The van der Waals surface area contributed by atoms with Crippen LogP contribution in [0.1, 0.15) is 75.7 Å². The van der Waals surface area contributed by atoms with Gasteiger partial charge in [-0.05, 0) is 47.4 Å². The summed E-state index contributed by atoms with van der Waals surface area (Å²) in [7, 11) is 1.70. The van der Waals surface area contributed by atoms with Crippen LogP contribution in [0, 0.1) is 0 Å². The second-order valence-corrected chi connectivity index (χ2v) is 9.06. The molecule has 1 aliphatic heterocycles. The highest BCUT2D eigenvalue weighted by Gasteiger charge is 2.31. The number of methoxy groups -OCH3 is 1. The number of nitrogens with zero attached hydrogens (tertiary/aromatic N) is 6. The molecule has 2 aliphatic rings. The standard InChI is InChI=1S/C24H38N6O/c1-3-4-10-23(29-17-15-28(16-18-29)21-8-6-5-7-9-21)24-25-26-27-30(24)19-20-11-13-22(31-2)14-12-20/h11-14,21,23H,3-10,15-19H2,1-2H3/t23-/m0/s1. The summed E-state index contributed by atoms with van der Waals surface area (Å²) >= 11 is 0. The van der Waals surface area contributed by atoms with Crippen molar-refractivity contribution in [2.75, 3.05) is 33.3 Å². The van der Waals surface area contributed by atoms with Crippen molar-refractivity contribution in [3.63, 3.8) is 0 Å². The molecule has 0 amide bonds. The van der Waals surface area contributed by atoms with Crippen molar-refractivity contribution < 1.29 is 4.74 Å². The summed E-state index contributed by atoms with van der Waals surface area (Å²) in [6, 6.07) is 9.28. The van der Waals surface area contributed by atoms with Crippen LogP contribution in [-0.4, -0.2) is 69.3 Å². The molecule has 2 fully saturated rings. The molecule has 2 aromatic rings. The molecule has 1 aliphatic carbocycles. The molecule has 0 N–H and O–H groups in total. The van der Waals surface area contributed by atoms with Gasteiger partial charge in [0.2, 0.25) is 0 Å². The Hall–Kier alpha value is -1.99. The van der Waals surface area contributed by atoms with Gasteiger partial charge in [0.25, 0.3) is 0 Å². The van der Waals surface area contributed by atoms with Gasteiger partial charge in [-0.25, -0.2) is 4.68 Å². The fourth-order valence-electron chi connectivity index (χ4n) is 5.20. The van der Waals surface area contributed by atoms with Crippen molar-refractivity contribution in [2.45, 2.75) is 76.9 Å². The van der Waals surface area contributed by atoms with E-state index >= 15 is 0 Å². The second kappa shape index (κ2) is 11.0.